The van der Waals surface area contributed by atoms with Crippen LogP contribution in [0.25, 0.3) is 0 Å². The first-order valence-electron chi connectivity index (χ1n) is 8.11. The average molecular weight is 344 g/mol. The van der Waals surface area contributed by atoms with Crippen molar-refractivity contribution in [2.75, 3.05) is 0 Å². The molecule has 6 heteroatoms. The molecule has 4 atom stereocenters. The average Bonchev–Trinajstić information content (AvgIpc) is 2.98. The third kappa shape index (κ3) is 3.29. The summed E-state index contributed by atoms with van der Waals surface area (Å²) in [5.74, 6) is -2.09. The Morgan fingerprint density at radius 1 is 1.20 bits per heavy atom. The van der Waals surface area contributed by atoms with Crippen LogP contribution < -0.4 is 0 Å². The normalized spacial score (nSPS) is 33.4. The van der Waals surface area contributed by atoms with Gasteiger partial charge in [0, 0.05) is 29.6 Å². The summed E-state index contributed by atoms with van der Waals surface area (Å²) in [4.78, 5) is 36.2. The third-order valence-corrected chi connectivity index (χ3v) is 4.57. The van der Waals surface area contributed by atoms with Crippen LogP contribution in [0.15, 0.2) is 47.6 Å². The van der Waals surface area contributed by atoms with Crippen molar-refractivity contribution >= 4 is 17.9 Å². The molecule has 1 saturated heterocycles. The topological polar surface area (TPSA) is 78.9 Å². The summed E-state index contributed by atoms with van der Waals surface area (Å²) in [6, 6.07) is 0. The fourth-order valence-electron chi connectivity index (χ4n) is 3.33. The van der Waals surface area contributed by atoms with Gasteiger partial charge in [-0.05, 0) is 26.0 Å². The van der Waals surface area contributed by atoms with Crippen LogP contribution in [-0.4, -0.2) is 36.2 Å². The van der Waals surface area contributed by atoms with Crippen LogP contribution in [0.1, 0.15) is 26.7 Å². The molecule has 0 spiro atoms. The molecule has 2 bridgehead atoms. The molecule has 0 saturated carbocycles. The maximum atomic E-state index is 12.1. The van der Waals surface area contributed by atoms with Crippen molar-refractivity contribution < 1.29 is 28.6 Å². The molecule has 1 fully saturated rings. The number of esters is 3. The lowest BCUT2D eigenvalue weighted by Gasteiger charge is -2.26. The van der Waals surface area contributed by atoms with Crippen molar-refractivity contribution in [3.8, 4) is 0 Å². The van der Waals surface area contributed by atoms with Gasteiger partial charge in [-0.25, -0.2) is 14.4 Å². The summed E-state index contributed by atoms with van der Waals surface area (Å²) >= 11 is 0. The molecule has 0 radical (unpaired) electrons. The van der Waals surface area contributed by atoms with Crippen LogP contribution in [0.4, 0.5) is 0 Å². The molecule has 3 aliphatic rings. The van der Waals surface area contributed by atoms with E-state index in [1.165, 1.54) is 6.92 Å². The van der Waals surface area contributed by atoms with E-state index in [4.69, 9.17) is 14.2 Å². The van der Waals surface area contributed by atoms with Crippen molar-refractivity contribution in [2.24, 2.45) is 5.92 Å². The van der Waals surface area contributed by atoms with E-state index in [0.29, 0.717) is 12.0 Å². The van der Waals surface area contributed by atoms with Gasteiger partial charge in [-0.3, -0.25) is 0 Å². The minimum atomic E-state index is -0.771. The largest absolute Gasteiger partial charge is 0.458 e. The zero-order chi connectivity index (χ0) is 18.3. The molecule has 0 amide bonds. The van der Waals surface area contributed by atoms with Gasteiger partial charge in [0.1, 0.15) is 18.3 Å². The highest BCUT2D eigenvalue weighted by Crippen LogP contribution is 2.38. The van der Waals surface area contributed by atoms with Gasteiger partial charge >= 0.3 is 17.9 Å². The molecular weight excluding hydrogens is 324 g/mol. The third-order valence-electron chi connectivity index (χ3n) is 4.57. The van der Waals surface area contributed by atoms with Crippen molar-refractivity contribution in [3.63, 3.8) is 0 Å². The standard InChI is InChI=1S/C19H20O6/c1-9(2)17(20)24-15-8-12-7-13(23-19(12)22)5-10(3)6-14-16(15)11(4)18(21)25-14/h6-7,13-16H,1,4-5,8H2,2-3H3/b10-6+. The van der Waals surface area contributed by atoms with E-state index in [1.54, 1.807) is 6.08 Å². The summed E-state index contributed by atoms with van der Waals surface area (Å²) in [6.45, 7) is 10.8. The van der Waals surface area contributed by atoms with E-state index in [2.05, 4.69) is 13.2 Å². The fraction of sp³-hybridized carbons (Fsp3) is 0.421. The van der Waals surface area contributed by atoms with Gasteiger partial charge in [0.2, 0.25) is 0 Å². The molecule has 0 aromatic rings. The van der Waals surface area contributed by atoms with Crippen LogP contribution in [-0.2, 0) is 28.6 Å². The Kier molecular flexibility index (Phi) is 4.37. The molecule has 2 aliphatic heterocycles. The van der Waals surface area contributed by atoms with Crippen molar-refractivity contribution in [3.05, 3.63) is 47.6 Å². The second kappa shape index (κ2) is 6.35. The Morgan fingerprint density at radius 2 is 1.92 bits per heavy atom. The van der Waals surface area contributed by atoms with E-state index in [-0.39, 0.29) is 23.7 Å². The SMILES string of the molecule is C=C(C)C(=O)OC1CC2=CC(C/C(C)=C/C3OC(=O)C(=C)C31)OC2=O. The van der Waals surface area contributed by atoms with Gasteiger partial charge in [-0.2, -0.15) is 0 Å². The number of hydrogen-bond donors (Lipinski definition) is 0. The monoisotopic (exact) mass is 344 g/mol. The van der Waals surface area contributed by atoms with Crippen LogP contribution in [0.5, 0.6) is 0 Å². The first-order chi connectivity index (χ1) is 11.8. The highest BCUT2D eigenvalue weighted by Gasteiger charge is 2.46. The van der Waals surface area contributed by atoms with Gasteiger partial charge in [0.05, 0.1) is 5.92 Å². The lowest BCUT2D eigenvalue weighted by molar-refractivity contribution is -0.148. The number of carbonyl (C=O) groups excluding carboxylic acids is 3. The number of carbonyl (C=O) groups is 3. The number of ether oxygens (including phenoxy) is 3. The Hall–Kier alpha value is -2.63. The highest BCUT2D eigenvalue weighted by molar-refractivity contribution is 5.93. The van der Waals surface area contributed by atoms with Gasteiger partial charge < -0.3 is 14.2 Å². The van der Waals surface area contributed by atoms with E-state index in [9.17, 15) is 14.4 Å². The second-order valence-corrected chi connectivity index (χ2v) is 6.70. The Bertz CT molecular complexity index is 741. The van der Waals surface area contributed by atoms with Crippen molar-refractivity contribution in [1.82, 2.24) is 0 Å². The van der Waals surface area contributed by atoms with Gasteiger partial charge in [0.15, 0.2) is 0 Å². The van der Waals surface area contributed by atoms with Crippen LogP contribution in [0, 0.1) is 5.92 Å². The Balaban J connectivity index is 2.01. The molecule has 3 rings (SSSR count). The predicted molar refractivity (Wildman–Crippen MR) is 88.2 cm³/mol. The minimum absolute atomic E-state index is 0.137. The fourth-order valence-corrected chi connectivity index (χ4v) is 3.33. The summed E-state index contributed by atoms with van der Waals surface area (Å²) < 4.78 is 16.3. The molecule has 132 valence electrons. The Labute approximate surface area is 145 Å². The molecule has 4 unspecified atom stereocenters. The zero-order valence-corrected chi connectivity index (χ0v) is 14.2. The maximum absolute atomic E-state index is 12.1. The molecule has 0 N–H and O–H groups in total. The zero-order valence-electron chi connectivity index (χ0n) is 14.2. The lowest BCUT2D eigenvalue weighted by Crippen LogP contribution is -2.34. The quantitative estimate of drug-likeness (QED) is 0.331. The number of hydrogen-bond acceptors (Lipinski definition) is 6. The molecule has 6 nitrogen and oxygen atoms in total. The summed E-state index contributed by atoms with van der Waals surface area (Å²) in [7, 11) is 0. The summed E-state index contributed by atoms with van der Waals surface area (Å²) in [5.41, 5.74) is 1.82. The molecule has 0 aromatic heterocycles. The van der Waals surface area contributed by atoms with Crippen LogP contribution in [0.3, 0.4) is 0 Å². The lowest BCUT2D eigenvalue weighted by atomic mass is 9.85. The van der Waals surface area contributed by atoms with E-state index in [0.717, 1.165) is 5.57 Å². The van der Waals surface area contributed by atoms with Crippen LogP contribution in [0.2, 0.25) is 0 Å². The first kappa shape index (κ1) is 17.2. The molecule has 0 aromatic carbocycles. The van der Waals surface area contributed by atoms with Gasteiger partial charge in [-0.15, -0.1) is 0 Å². The first-order valence-corrected chi connectivity index (χ1v) is 8.11. The van der Waals surface area contributed by atoms with E-state index < -0.39 is 36.0 Å². The number of fused-ring (bicyclic) bond motifs is 2. The molecule has 25 heavy (non-hydrogen) atoms. The van der Waals surface area contributed by atoms with Crippen molar-refractivity contribution in [2.45, 2.75) is 45.0 Å². The van der Waals surface area contributed by atoms with Gasteiger partial charge in [0.25, 0.3) is 0 Å². The summed E-state index contributed by atoms with van der Waals surface area (Å²) in [5, 5.41) is 0. The summed E-state index contributed by atoms with van der Waals surface area (Å²) in [6.07, 6.45) is 2.52. The van der Waals surface area contributed by atoms with E-state index in [1.807, 2.05) is 13.0 Å². The molecule has 2 heterocycles. The smallest absolute Gasteiger partial charge is 0.334 e. The highest BCUT2D eigenvalue weighted by atomic mass is 16.6. The maximum Gasteiger partial charge on any atom is 0.334 e. The molecule has 1 aliphatic carbocycles. The predicted octanol–water partition coefficient (Wildman–Crippen LogP) is 2.16. The van der Waals surface area contributed by atoms with Crippen molar-refractivity contribution in [1.29, 1.82) is 0 Å². The van der Waals surface area contributed by atoms with Gasteiger partial charge in [-0.1, -0.05) is 18.7 Å². The Morgan fingerprint density at radius 3 is 2.60 bits per heavy atom. The van der Waals surface area contributed by atoms with Crippen LogP contribution >= 0.6 is 0 Å². The minimum Gasteiger partial charge on any atom is -0.458 e. The molecular formula is C19H20O6. The van der Waals surface area contributed by atoms with E-state index >= 15 is 0 Å². The second-order valence-electron chi connectivity index (χ2n) is 6.70. The number of rotatable bonds is 2.